The molecule has 2 aromatic rings. The second kappa shape index (κ2) is 5.59. The highest BCUT2D eigenvalue weighted by molar-refractivity contribution is 5.75. The number of likely N-dealkylation sites (N-methyl/N-ethyl adjacent to an activating group) is 1. The standard InChI is InChI=1S/C14H22N4O/c1-9(18(3)4)8-15-10(2)11-5-6-12-13(7-11)17-14(19)16-12/h5-7,9-10,15H,8H2,1-4H3,(H2,16,17,19). The van der Waals surface area contributed by atoms with Crippen LogP contribution in [0.15, 0.2) is 23.0 Å². The third kappa shape index (κ3) is 3.24. The maximum Gasteiger partial charge on any atom is 0.323 e. The SMILES string of the molecule is CC(NCC(C)N(C)C)c1ccc2[nH]c(=O)[nH]c2c1. The lowest BCUT2D eigenvalue weighted by Gasteiger charge is -2.23. The van der Waals surface area contributed by atoms with Crippen molar-refractivity contribution < 1.29 is 0 Å². The number of aromatic nitrogens is 2. The number of benzene rings is 1. The van der Waals surface area contributed by atoms with Crippen molar-refractivity contribution in [3.63, 3.8) is 0 Å². The molecule has 3 N–H and O–H groups in total. The van der Waals surface area contributed by atoms with Crippen LogP contribution in [0.5, 0.6) is 0 Å². The summed E-state index contributed by atoms with van der Waals surface area (Å²) >= 11 is 0. The second-order valence-electron chi connectivity index (χ2n) is 5.33. The van der Waals surface area contributed by atoms with Crippen molar-refractivity contribution in [3.05, 3.63) is 34.2 Å². The predicted octanol–water partition coefficient (Wildman–Crippen LogP) is 1.46. The van der Waals surface area contributed by atoms with E-state index in [0.29, 0.717) is 6.04 Å². The first-order valence-corrected chi connectivity index (χ1v) is 6.59. The van der Waals surface area contributed by atoms with Crippen molar-refractivity contribution in [1.29, 1.82) is 0 Å². The first-order chi connectivity index (χ1) is 8.97. The average Bonchev–Trinajstić information content (AvgIpc) is 2.74. The third-order valence-electron chi connectivity index (χ3n) is 3.64. The molecule has 0 spiro atoms. The molecule has 0 saturated heterocycles. The molecule has 0 radical (unpaired) electrons. The number of rotatable bonds is 5. The number of hydrogen-bond acceptors (Lipinski definition) is 3. The van der Waals surface area contributed by atoms with Crippen molar-refractivity contribution in [2.45, 2.75) is 25.9 Å². The molecule has 19 heavy (non-hydrogen) atoms. The molecular formula is C14H22N4O. The minimum absolute atomic E-state index is 0.158. The van der Waals surface area contributed by atoms with Gasteiger partial charge in [0.05, 0.1) is 11.0 Å². The Hall–Kier alpha value is -1.59. The average molecular weight is 262 g/mol. The first-order valence-electron chi connectivity index (χ1n) is 6.59. The van der Waals surface area contributed by atoms with Gasteiger partial charge in [0.1, 0.15) is 0 Å². The summed E-state index contributed by atoms with van der Waals surface area (Å²) in [5, 5.41) is 3.51. The van der Waals surface area contributed by atoms with Gasteiger partial charge in [-0.1, -0.05) is 6.07 Å². The zero-order chi connectivity index (χ0) is 14.0. The zero-order valence-electron chi connectivity index (χ0n) is 11.9. The zero-order valence-corrected chi connectivity index (χ0v) is 11.9. The van der Waals surface area contributed by atoms with Gasteiger partial charge in [-0.15, -0.1) is 0 Å². The van der Waals surface area contributed by atoms with Crippen LogP contribution in [-0.4, -0.2) is 41.5 Å². The van der Waals surface area contributed by atoms with E-state index in [0.717, 1.165) is 17.6 Å². The summed E-state index contributed by atoms with van der Waals surface area (Å²) in [6, 6.07) is 6.74. The van der Waals surface area contributed by atoms with E-state index in [9.17, 15) is 4.79 Å². The molecule has 104 valence electrons. The van der Waals surface area contributed by atoms with Crippen LogP contribution in [-0.2, 0) is 0 Å². The van der Waals surface area contributed by atoms with E-state index in [1.807, 2.05) is 18.2 Å². The van der Waals surface area contributed by atoms with E-state index < -0.39 is 0 Å². The Morgan fingerprint density at radius 3 is 2.58 bits per heavy atom. The lowest BCUT2D eigenvalue weighted by Crippen LogP contribution is -2.36. The monoisotopic (exact) mass is 262 g/mol. The largest absolute Gasteiger partial charge is 0.323 e. The Labute approximate surface area is 113 Å². The Morgan fingerprint density at radius 1 is 1.21 bits per heavy atom. The predicted molar refractivity (Wildman–Crippen MR) is 78.5 cm³/mol. The van der Waals surface area contributed by atoms with E-state index in [1.54, 1.807) is 0 Å². The number of fused-ring (bicyclic) bond motifs is 1. The van der Waals surface area contributed by atoms with Gasteiger partial charge in [-0.3, -0.25) is 0 Å². The number of aromatic amines is 2. The van der Waals surface area contributed by atoms with Gasteiger partial charge in [0.2, 0.25) is 0 Å². The molecule has 0 fully saturated rings. The molecule has 5 heteroatoms. The van der Waals surface area contributed by atoms with E-state index in [-0.39, 0.29) is 11.7 Å². The maximum absolute atomic E-state index is 11.2. The summed E-state index contributed by atoms with van der Waals surface area (Å²) in [6.45, 7) is 5.25. The minimum Gasteiger partial charge on any atom is -0.309 e. The smallest absolute Gasteiger partial charge is 0.309 e. The minimum atomic E-state index is -0.158. The molecule has 2 atom stereocenters. The lowest BCUT2D eigenvalue weighted by atomic mass is 10.1. The molecular weight excluding hydrogens is 240 g/mol. The number of nitrogens with one attached hydrogen (secondary N) is 3. The fourth-order valence-electron chi connectivity index (χ4n) is 1.97. The molecule has 2 rings (SSSR count). The summed E-state index contributed by atoms with van der Waals surface area (Å²) in [5.74, 6) is 0. The van der Waals surface area contributed by atoms with Crippen LogP contribution in [0.1, 0.15) is 25.5 Å². The number of hydrogen-bond donors (Lipinski definition) is 3. The van der Waals surface area contributed by atoms with E-state index in [4.69, 9.17) is 0 Å². The molecule has 0 saturated carbocycles. The van der Waals surface area contributed by atoms with Crippen LogP contribution in [0.2, 0.25) is 0 Å². The molecule has 0 aliphatic heterocycles. The maximum atomic E-state index is 11.2. The van der Waals surface area contributed by atoms with Crippen molar-refractivity contribution in [1.82, 2.24) is 20.2 Å². The van der Waals surface area contributed by atoms with Crippen molar-refractivity contribution in [2.24, 2.45) is 0 Å². The summed E-state index contributed by atoms with van der Waals surface area (Å²) in [4.78, 5) is 19.0. The molecule has 0 bridgehead atoms. The van der Waals surface area contributed by atoms with Crippen LogP contribution in [0, 0.1) is 0 Å². The van der Waals surface area contributed by atoms with Crippen molar-refractivity contribution in [3.8, 4) is 0 Å². The summed E-state index contributed by atoms with van der Waals surface area (Å²) in [5.41, 5.74) is 2.72. The molecule has 1 aromatic carbocycles. The number of nitrogens with zero attached hydrogens (tertiary/aromatic N) is 1. The van der Waals surface area contributed by atoms with Gasteiger partial charge in [-0.05, 0) is 45.6 Å². The topological polar surface area (TPSA) is 63.9 Å². The molecule has 2 unspecified atom stereocenters. The lowest BCUT2D eigenvalue weighted by molar-refractivity contribution is 0.296. The number of imidazole rings is 1. The summed E-state index contributed by atoms with van der Waals surface area (Å²) in [7, 11) is 4.15. The number of H-pyrrole nitrogens is 2. The Morgan fingerprint density at radius 2 is 1.89 bits per heavy atom. The molecule has 1 aromatic heterocycles. The Balaban J connectivity index is 2.08. The van der Waals surface area contributed by atoms with Gasteiger partial charge < -0.3 is 20.2 Å². The highest BCUT2D eigenvalue weighted by Gasteiger charge is 2.10. The highest BCUT2D eigenvalue weighted by atomic mass is 16.1. The van der Waals surface area contributed by atoms with Crippen LogP contribution in [0.25, 0.3) is 11.0 Å². The molecule has 0 aliphatic carbocycles. The molecule has 0 amide bonds. The van der Waals surface area contributed by atoms with Crippen LogP contribution >= 0.6 is 0 Å². The Kier molecular flexibility index (Phi) is 4.07. The van der Waals surface area contributed by atoms with E-state index in [1.165, 1.54) is 5.56 Å². The van der Waals surface area contributed by atoms with E-state index >= 15 is 0 Å². The Bertz CT molecular complexity index is 599. The first kappa shape index (κ1) is 13.8. The summed E-state index contributed by atoms with van der Waals surface area (Å²) in [6.07, 6.45) is 0. The van der Waals surface area contributed by atoms with Crippen molar-refractivity contribution >= 4 is 11.0 Å². The van der Waals surface area contributed by atoms with Gasteiger partial charge in [0, 0.05) is 18.6 Å². The van der Waals surface area contributed by atoms with Gasteiger partial charge >= 0.3 is 5.69 Å². The van der Waals surface area contributed by atoms with Crippen LogP contribution < -0.4 is 11.0 Å². The van der Waals surface area contributed by atoms with E-state index in [2.05, 4.69) is 48.1 Å². The third-order valence-corrected chi connectivity index (χ3v) is 3.64. The molecule has 1 heterocycles. The normalized spacial score (nSPS) is 15.0. The quantitative estimate of drug-likeness (QED) is 0.764. The van der Waals surface area contributed by atoms with Crippen LogP contribution in [0.3, 0.4) is 0 Å². The highest BCUT2D eigenvalue weighted by Crippen LogP contribution is 2.16. The summed E-state index contributed by atoms with van der Waals surface area (Å²) < 4.78 is 0. The molecule has 5 nitrogen and oxygen atoms in total. The fraction of sp³-hybridized carbons (Fsp3) is 0.500. The second-order valence-corrected chi connectivity index (χ2v) is 5.33. The van der Waals surface area contributed by atoms with Gasteiger partial charge in [0.15, 0.2) is 0 Å². The van der Waals surface area contributed by atoms with Gasteiger partial charge in [-0.25, -0.2) is 4.79 Å². The van der Waals surface area contributed by atoms with Gasteiger partial charge in [-0.2, -0.15) is 0 Å². The van der Waals surface area contributed by atoms with Crippen LogP contribution in [0.4, 0.5) is 0 Å². The molecule has 0 aliphatic rings. The van der Waals surface area contributed by atoms with Gasteiger partial charge in [0.25, 0.3) is 0 Å². The fourth-order valence-corrected chi connectivity index (χ4v) is 1.97. The van der Waals surface area contributed by atoms with Crippen molar-refractivity contribution in [2.75, 3.05) is 20.6 Å².